The second-order valence-corrected chi connectivity index (χ2v) is 9.73. The van der Waals surface area contributed by atoms with Crippen LogP contribution in [0.4, 0.5) is 4.39 Å². The Balaban J connectivity index is 2.41. The lowest BCUT2D eigenvalue weighted by Gasteiger charge is -2.17. The van der Waals surface area contributed by atoms with Gasteiger partial charge in [-0.1, -0.05) is 27.2 Å². The van der Waals surface area contributed by atoms with E-state index >= 15 is 0 Å². The first-order valence-corrected chi connectivity index (χ1v) is 11.0. The van der Waals surface area contributed by atoms with Crippen LogP contribution in [0.2, 0.25) is 0 Å². The summed E-state index contributed by atoms with van der Waals surface area (Å²) in [6, 6.07) is 6.05. The van der Waals surface area contributed by atoms with Crippen molar-refractivity contribution in [1.29, 1.82) is 0 Å². The van der Waals surface area contributed by atoms with Crippen LogP contribution < -0.4 is 15.8 Å². The SMILES string of the molecule is CC(C)(C)C(=O)NCCCCCS(=O)(=O)c1ccc(OC/C(=C/F)CN)cc1. The fraction of sp³-hybridized carbons (Fsp3) is 0.550. The van der Waals surface area contributed by atoms with E-state index in [0.29, 0.717) is 37.0 Å². The Bertz CT molecular complexity index is 753. The molecule has 0 spiro atoms. The molecule has 28 heavy (non-hydrogen) atoms. The number of unbranched alkanes of at least 4 members (excludes halogenated alkanes) is 2. The molecule has 0 aromatic heterocycles. The molecular weight excluding hydrogens is 383 g/mol. The number of nitrogens with one attached hydrogen (secondary N) is 1. The molecule has 0 radical (unpaired) electrons. The van der Waals surface area contributed by atoms with Gasteiger partial charge in [0.15, 0.2) is 9.84 Å². The number of hydrogen-bond donors (Lipinski definition) is 2. The predicted molar refractivity (Wildman–Crippen MR) is 109 cm³/mol. The zero-order valence-corrected chi connectivity index (χ0v) is 17.6. The van der Waals surface area contributed by atoms with Crippen LogP contribution in [0, 0.1) is 5.41 Å². The molecule has 0 fully saturated rings. The van der Waals surface area contributed by atoms with Crippen molar-refractivity contribution in [1.82, 2.24) is 5.32 Å². The summed E-state index contributed by atoms with van der Waals surface area (Å²) in [5.74, 6) is 0.479. The van der Waals surface area contributed by atoms with E-state index in [-0.39, 0.29) is 29.7 Å². The molecule has 8 heteroatoms. The van der Waals surface area contributed by atoms with Crippen molar-refractivity contribution in [3.05, 3.63) is 36.2 Å². The molecule has 0 saturated carbocycles. The Labute approximate surface area is 167 Å². The highest BCUT2D eigenvalue weighted by atomic mass is 32.2. The van der Waals surface area contributed by atoms with E-state index in [1.54, 1.807) is 12.1 Å². The smallest absolute Gasteiger partial charge is 0.225 e. The Morgan fingerprint density at radius 1 is 1.18 bits per heavy atom. The zero-order valence-electron chi connectivity index (χ0n) is 16.8. The highest BCUT2D eigenvalue weighted by Gasteiger charge is 2.20. The molecule has 1 aromatic carbocycles. The van der Waals surface area contributed by atoms with Crippen molar-refractivity contribution in [2.75, 3.05) is 25.4 Å². The molecule has 0 aliphatic carbocycles. The molecular formula is C20H31FN2O4S. The summed E-state index contributed by atoms with van der Waals surface area (Å²) in [6.07, 6.45) is 2.37. The van der Waals surface area contributed by atoms with Crippen molar-refractivity contribution >= 4 is 15.7 Å². The summed E-state index contributed by atoms with van der Waals surface area (Å²) < 4.78 is 42.6. The number of halogens is 1. The second kappa shape index (κ2) is 11.2. The van der Waals surface area contributed by atoms with Gasteiger partial charge in [-0.3, -0.25) is 4.79 Å². The number of amides is 1. The molecule has 0 aliphatic heterocycles. The predicted octanol–water partition coefficient (Wildman–Crippen LogP) is 2.98. The van der Waals surface area contributed by atoms with Gasteiger partial charge in [0.1, 0.15) is 12.4 Å². The van der Waals surface area contributed by atoms with E-state index in [1.807, 2.05) is 20.8 Å². The van der Waals surface area contributed by atoms with E-state index in [2.05, 4.69) is 5.32 Å². The van der Waals surface area contributed by atoms with Crippen LogP contribution in [-0.4, -0.2) is 39.8 Å². The van der Waals surface area contributed by atoms with Crippen LogP contribution in [0.5, 0.6) is 5.75 Å². The summed E-state index contributed by atoms with van der Waals surface area (Å²) >= 11 is 0. The number of ether oxygens (including phenoxy) is 1. The van der Waals surface area contributed by atoms with Gasteiger partial charge in [0, 0.05) is 24.1 Å². The molecule has 0 atom stereocenters. The van der Waals surface area contributed by atoms with Gasteiger partial charge >= 0.3 is 0 Å². The summed E-state index contributed by atoms with van der Waals surface area (Å²) in [4.78, 5) is 12.0. The van der Waals surface area contributed by atoms with Crippen LogP contribution in [-0.2, 0) is 14.6 Å². The first kappa shape index (κ1) is 24.1. The number of hydrogen-bond acceptors (Lipinski definition) is 5. The van der Waals surface area contributed by atoms with Crippen molar-refractivity contribution < 1.29 is 22.3 Å². The maximum Gasteiger partial charge on any atom is 0.225 e. The molecule has 0 saturated heterocycles. The quantitative estimate of drug-likeness (QED) is 0.543. The fourth-order valence-electron chi connectivity index (χ4n) is 2.23. The summed E-state index contributed by atoms with van der Waals surface area (Å²) in [5, 5.41) is 2.85. The van der Waals surface area contributed by atoms with E-state index in [4.69, 9.17) is 10.5 Å². The number of nitrogens with two attached hydrogens (primary N) is 1. The van der Waals surface area contributed by atoms with Crippen molar-refractivity contribution in [2.45, 2.75) is 44.9 Å². The van der Waals surface area contributed by atoms with Crippen LogP contribution >= 0.6 is 0 Å². The van der Waals surface area contributed by atoms with E-state index in [1.165, 1.54) is 12.1 Å². The van der Waals surface area contributed by atoms with Gasteiger partial charge in [-0.25, -0.2) is 12.8 Å². The van der Waals surface area contributed by atoms with Crippen molar-refractivity contribution in [3.8, 4) is 5.75 Å². The van der Waals surface area contributed by atoms with E-state index in [0.717, 1.165) is 6.42 Å². The van der Waals surface area contributed by atoms with Crippen LogP contribution in [0.15, 0.2) is 41.1 Å². The number of carbonyl (C=O) groups excluding carboxylic acids is 1. The number of carbonyl (C=O) groups is 1. The topological polar surface area (TPSA) is 98.5 Å². The minimum Gasteiger partial charge on any atom is -0.489 e. The molecule has 1 aromatic rings. The Kier molecular flexibility index (Phi) is 9.61. The molecule has 1 amide bonds. The van der Waals surface area contributed by atoms with Crippen LogP contribution in [0.3, 0.4) is 0 Å². The third kappa shape index (κ3) is 8.39. The Morgan fingerprint density at radius 3 is 2.36 bits per heavy atom. The minimum absolute atomic E-state index is 0.0111. The number of benzene rings is 1. The molecule has 0 heterocycles. The average Bonchev–Trinajstić information content (AvgIpc) is 2.64. The first-order chi connectivity index (χ1) is 13.1. The lowest BCUT2D eigenvalue weighted by atomic mass is 9.96. The average molecular weight is 415 g/mol. The lowest BCUT2D eigenvalue weighted by molar-refractivity contribution is -0.128. The van der Waals surface area contributed by atoms with Crippen LogP contribution in [0.25, 0.3) is 0 Å². The van der Waals surface area contributed by atoms with Gasteiger partial charge in [0.25, 0.3) is 0 Å². The van der Waals surface area contributed by atoms with Gasteiger partial charge in [0.2, 0.25) is 5.91 Å². The number of rotatable bonds is 11. The van der Waals surface area contributed by atoms with E-state index < -0.39 is 15.3 Å². The zero-order chi connectivity index (χ0) is 21.2. The Hall–Kier alpha value is -1.93. The van der Waals surface area contributed by atoms with Gasteiger partial charge in [-0.15, -0.1) is 0 Å². The molecule has 0 aliphatic rings. The largest absolute Gasteiger partial charge is 0.489 e. The monoisotopic (exact) mass is 414 g/mol. The van der Waals surface area contributed by atoms with Gasteiger partial charge in [-0.05, 0) is 37.1 Å². The van der Waals surface area contributed by atoms with Gasteiger partial charge in [-0.2, -0.15) is 0 Å². The van der Waals surface area contributed by atoms with Crippen molar-refractivity contribution in [2.24, 2.45) is 11.1 Å². The minimum atomic E-state index is -3.38. The summed E-state index contributed by atoms with van der Waals surface area (Å²) in [6.45, 7) is 6.16. The fourth-order valence-corrected chi connectivity index (χ4v) is 3.60. The summed E-state index contributed by atoms with van der Waals surface area (Å²) in [5.41, 5.74) is 5.24. The summed E-state index contributed by atoms with van der Waals surface area (Å²) in [7, 11) is -3.38. The maximum atomic E-state index is 12.4. The Morgan fingerprint density at radius 2 is 1.82 bits per heavy atom. The molecule has 158 valence electrons. The highest BCUT2D eigenvalue weighted by molar-refractivity contribution is 7.91. The van der Waals surface area contributed by atoms with E-state index in [9.17, 15) is 17.6 Å². The molecule has 6 nitrogen and oxygen atoms in total. The molecule has 0 unspecified atom stereocenters. The first-order valence-electron chi connectivity index (χ1n) is 9.32. The van der Waals surface area contributed by atoms with Gasteiger partial charge < -0.3 is 15.8 Å². The maximum absolute atomic E-state index is 12.4. The lowest BCUT2D eigenvalue weighted by Crippen LogP contribution is -2.35. The number of sulfone groups is 1. The molecule has 0 bridgehead atoms. The van der Waals surface area contributed by atoms with Gasteiger partial charge in [0.05, 0.1) is 17.0 Å². The third-order valence-electron chi connectivity index (χ3n) is 4.08. The second-order valence-electron chi connectivity index (χ2n) is 7.62. The normalized spacial score (nSPS) is 12.7. The van der Waals surface area contributed by atoms with Crippen molar-refractivity contribution in [3.63, 3.8) is 0 Å². The highest BCUT2D eigenvalue weighted by Crippen LogP contribution is 2.19. The standard InChI is InChI=1S/C20H31FN2O4S/c1-20(2,3)19(24)23-11-5-4-6-12-28(25,26)18-9-7-17(8-10-18)27-15-16(13-21)14-22/h7-10,13H,4-6,11-12,14-15,22H2,1-3H3,(H,23,24)/b16-13+. The van der Waals surface area contributed by atoms with Crippen LogP contribution in [0.1, 0.15) is 40.0 Å². The third-order valence-corrected chi connectivity index (χ3v) is 5.90. The molecule has 3 N–H and O–H groups in total. The molecule has 1 rings (SSSR count).